The van der Waals surface area contributed by atoms with Gasteiger partial charge in [-0.25, -0.2) is 18.4 Å². The monoisotopic (exact) mass is 268 g/mol. The second-order valence-corrected chi connectivity index (χ2v) is 5.01. The number of alkyl halides is 2. The van der Waals surface area contributed by atoms with Crippen LogP contribution in [0.25, 0.3) is 0 Å². The maximum Gasteiger partial charge on any atom is 0.344 e. The maximum absolute atomic E-state index is 12.6. The zero-order valence-corrected chi connectivity index (χ0v) is 10.2. The predicted molar refractivity (Wildman–Crippen MR) is 63.2 cm³/mol. The standard InChI is InChI=1S/C13H14F2N2O2/c14-13(15)6-9(7-13)8-16-12(18)17-11(19-17)10-4-2-1-3-5-10/h1-5,9,11H,6-8H2,(H,16,18). The number of amides is 2. The molecular formula is C13H14F2N2O2. The zero-order chi connectivity index (χ0) is 13.5. The molecule has 2 aliphatic rings. The summed E-state index contributed by atoms with van der Waals surface area (Å²) in [6.45, 7) is 0.274. The van der Waals surface area contributed by atoms with Crippen molar-refractivity contribution in [1.29, 1.82) is 0 Å². The molecule has 4 nitrogen and oxygen atoms in total. The first-order chi connectivity index (χ1) is 9.05. The molecule has 1 aliphatic heterocycles. The third-order valence-electron chi connectivity index (χ3n) is 3.38. The van der Waals surface area contributed by atoms with Crippen LogP contribution < -0.4 is 5.32 Å². The number of carbonyl (C=O) groups is 1. The van der Waals surface area contributed by atoms with Gasteiger partial charge in [-0.1, -0.05) is 30.3 Å². The van der Waals surface area contributed by atoms with Gasteiger partial charge in [0, 0.05) is 24.9 Å². The Morgan fingerprint density at radius 2 is 2.05 bits per heavy atom. The molecule has 1 aromatic carbocycles. The van der Waals surface area contributed by atoms with Crippen LogP contribution in [0.1, 0.15) is 24.6 Å². The van der Waals surface area contributed by atoms with Crippen molar-refractivity contribution in [3.05, 3.63) is 35.9 Å². The predicted octanol–water partition coefficient (Wildman–Crippen LogP) is 2.69. The van der Waals surface area contributed by atoms with Gasteiger partial charge in [-0.2, -0.15) is 5.06 Å². The lowest BCUT2D eigenvalue weighted by molar-refractivity contribution is -0.108. The van der Waals surface area contributed by atoms with Gasteiger partial charge in [0.15, 0.2) is 0 Å². The van der Waals surface area contributed by atoms with Crippen LogP contribution >= 0.6 is 0 Å². The molecule has 1 saturated heterocycles. The van der Waals surface area contributed by atoms with Crippen molar-refractivity contribution in [3.8, 4) is 0 Å². The Labute approximate surface area is 109 Å². The maximum atomic E-state index is 12.6. The Kier molecular flexibility index (Phi) is 2.89. The fourth-order valence-corrected chi connectivity index (χ4v) is 2.29. The summed E-state index contributed by atoms with van der Waals surface area (Å²) >= 11 is 0. The molecule has 1 heterocycles. The van der Waals surface area contributed by atoms with Gasteiger partial charge in [-0.05, 0) is 5.92 Å². The van der Waals surface area contributed by atoms with Crippen LogP contribution in [0.4, 0.5) is 13.6 Å². The molecule has 0 aromatic heterocycles. The van der Waals surface area contributed by atoms with E-state index in [1.807, 2.05) is 30.3 Å². The zero-order valence-electron chi connectivity index (χ0n) is 10.2. The van der Waals surface area contributed by atoms with E-state index in [1.165, 1.54) is 5.06 Å². The number of urea groups is 1. The Hall–Kier alpha value is -1.69. The molecule has 1 unspecified atom stereocenters. The summed E-state index contributed by atoms with van der Waals surface area (Å²) in [6, 6.07) is 8.97. The fourth-order valence-electron chi connectivity index (χ4n) is 2.29. The minimum atomic E-state index is -2.54. The minimum absolute atomic E-state index is 0.130. The molecule has 0 bridgehead atoms. The van der Waals surface area contributed by atoms with Gasteiger partial charge in [0.05, 0.1) is 0 Å². The van der Waals surface area contributed by atoms with Gasteiger partial charge in [-0.15, -0.1) is 0 Å². The third kappa shape index (κ3) is 2.68. The molecule has 2 fully saturated rings. The van der Waals surface area contributed by atoms with E-state index in [0.717, 1.165) is 5.56 Å². The SMILES string of the molecule is O=C(NCC1CC(F)(F)C1)N1OC1c1ccccc1. The van der Waals surface area contributed by atoms with Crippen molar-refractivity contribution in [2.24, 2.45) is 5.92 Å². The van der Waals surface area contributed by atoms with Crippen LogP contribution in [0.5, 0.6) is 0 Å². The van der Waals surface area contributed by atoms with Crippen LogP contribution in [0.3, 0.4) is 0 Å². The summed E-state index contributed by atoms with van der Waals surface area (Å²) in [6.07, 6.45) is -0.643. The molecule has 0 spiro atoms. The number of nitrogens with zero attached hydrogens (tertiary/aromatic N) is 1. The molecule has 102 valence electrons. The molecule has 1 N–H and O–H groups in total. The van der Waals surface area contributed by atoms with Crippen molar-refractivity contribution >= 4 is 6.03 Å². The molecule has 3 rings (SSSR count). The van der Waals surface area contributed by atoms with Gasteiger partial charge < -0.3 is 5.32 Å². The number of hydroxylamine groups is 2. The van der Waals surface area contributed by atoms with E-state index >= 15 is 0 Å². The quantitative estimate of drug-likeness (QED) is 0.857. The van der Waals surface area contributed by atoms with Crippen molar-refractivity contribution in [2.45, 2.75) is 25.0 Å². The molecule has 6 heteroatoms. The Morgan fingerprint density at radius 3 is 2.68 bits per heavy atom. The highest BCUT2D eigenvalue weighted by Crippen LogP contribution is 2.42. The highest BCUT2D eigenvalue weighted by Gasteiger charge is 2.46. The van der Waals surface area contributed by atoms with Gasteiger partial charge in [0.1, 0.15) is 0 Å². The minimum Gasteiger partial charge on any atom is -0.336 e. The molecular weight excluding hydrogens is 254 g/mol. The van der Waals surface area contributed by atoms with Gasteiger partial charge in [0.25, 0.3) is 0 Å². The number of hydrogen-bond acceptors (Lipinski definition) is 2. The van der Waals surface area contributed by atoms with E-state index in [2.05, 4.69) is 5.32 Å². The van der Waals surface area contributed by atoms with Crippen LogP contribution in [-0.2, 0) is 4.84 Å². The number of rotatable bonds is 3. The number of halogens is 2. The highest BCUT2D eigenvalue weighted by molar-refractivity contribution is 5.74. The molecule has 19 heavy (non-hydrogen) atoms. The summed E-state index contributed by atoms with van der Waals surface area (Å²) in [7, 11) is 0. The number of nitrogens with one attached hydrogen (secondary N) is 1. The highest BCUT2D eigenvalue weighted by atomic mass is 19.3. The van der Waals surface area contributed by atoms with Crippen LogP contribution in [0.2, 0.25) is 0 Å². The molecule has 1 saturated carbocycles. The average Bonchev–Trinajstić information content (AvgIpc) is 3.14. The van der Waals surface area contributed by atoms with Crippen molar-refractivity contribution in [1.82, 2.24) is 10.4 Å². The average molecular weight is 268 g/mol. The Bertz CT molecular complexity index is 473. The molecule has 1 aromatic rings. The number of carbonyl (C=O) groups excluding carboxylic acids is 1. The Morgan fingerprint density at radius 1 is 1.37 bits per heavy atom. The van der Waals surface area contributed by atoms with Crippen LogP contribution in [-0.4, -0.2) is 23.6 Å². The molecule has 1 aliphatic carbocycles. The van der Waals surface area contributed by atoms with E-state index in [1.54, 1.807) is 0 Å². The lowest BCUT2D eigenvalue weighted by atomic mass is 9.81. The van der Waals surface area contributed by atoms with E-state index in [-0.39, 0.29) is 37.6 Å². The first-order valence-corrected chi connectivity index (χ1v) is 6.22. The second kappa shape index (κ2) is 4.45. The van der Waals surface area contributed by atoms with Crippen LogP contribution in [0, 0.1) is 5.92 Å². The first kappa shape index (κ1) is 12.3. The van der Waals surface area contributed by atoms with E-state index < -0.39 is 5.92 Å². The van der Waals surface area contributed by atoms with Gasteiger partial charge in [0.2, 0.25) is 12.2 Å². The molecule has 2 amide bonds. The van der Waals surface area contributed by atoms with Crippen molar-refractivity contribution < 1.29 is 18.4 Å². The summed E-state index contributed by atoms with van der Waals surface area (Å²) < 4.78 is 25.2. The van der Waals surface area contributed by atoms with E-state index in [9.17, 15) is 13.6 Å². The largest absolute Gasteiger partial charge is 0.344 e. The van der Waals surface area contributed by atoms with Gasteiger partial charge in [-0.3, -0.25) is 0 Å². The normalized spacial score (nSPS) is 24.7. The topological polar surface area (TPSA) is 44.6 Å². The summed E-state index contributed by atoms with van der Waals surface area (Å²) in [5, 5.41) is 3.83. The lowest BCUT2D eigenvalue weighted by Gasteiger charge is -2.34. The summed E-state index contributed by atoms with van der Waals surface area (Å²) in [5.41, 5.74) is 0.896. The second-order valence-electron chi connectivity index (χ2n) is 5.01. The number of hydrogen-bond donors (Lipinski definition) is 1. The summed E-state index contributed by atoms with van der Waals surface area (Å²) in [5.74, 6) is -2.67. The van der Waals surface area contributed by atoms with Crippen molar-refractivity contribution in [2.75, 3.05) is 6.54 Å². The van der Waals surface area contributed by atoms with E-state index in [0.29, 0.717) is 0 Å². The van der Waals surface area contributed by atoms with E-state index in [4.69, 9.17) is 4.84 Å². The van der Waals surface area contributed by atoms with Gasteiger partial charge >= 0.3 is 6.03 Å². The smallest absolute Gasteiger partial charge is 0.336 e. The lowest BCUT2D eigenvalue weighted by Crippen LogP contribution is -2.43. The first-order valence-electron chi connectivity index (χ1n) is 6.22. The molecule has 1 atom stereocenters. The number of benzene rings is 1. The third-order valence-corrected chi connectivity index (χ3v) is 3.38. The van der Waals surface area contributed by atoms with Crippen LogP contribution in [0.15, 0.2) is 30.3 Å². The Balaban J connectivity index is 1.43. The molecule has 0 radical (unpaired) electrons. The fraction of sp³-hybridized carbons (Fsp3) is 0.462. The summed E-state index contributed by atoms with van der Waals surface area (Å²) in [4.78, 5) is 16.9. The van der Waals surface area contributed by atoms with Crippen molar-refractivity contribution in [3.63, 3.8) is 0 Å².